The van der Waals surface area contributed by atoms with Crippen LogP contribution in [0.15, 0.2) is 35.1 Å². The number of carbonyl (C=O) groups excluding carboxylic acids is 1. The van der Waals surface area contributed by atoms with Crippen LogP contribution in [0, 0.1) is 5.92 Å². The third-order valence-electron chi connectivity index (χ3n) is 3.56. The summed E-state index contributed by atoms with van der Waals surface area (Å²) >= 11 is 0. The molecule has 0 saturated heterocycles. The van der Waals surface area contributed by atoms with Gasteiger partial charge in [-0.1, -0.05) is 26.0 Å². The number of methoxy groups -OCH3 is 1. The highest BCUT2D eigenvalue weighted by molar-refractivity contribution is 5.92. The summed E-state index contributed by atoms with van der Waals surface area (Å²) in [6.07, 6.45) is 1.32. The second-order valence-electron chi connectivity index (χ2n) is 6.04. The molecule has 0 atom stereocenters. The summed E-state index contributed by atoms with van der Waals surface area (Å²) < 4.78 is 5.12. The van der Waals surface area contributed by atoms with Gasteiger partial charge >= 0.3 is 0 Å². The van der Waals surface area contributed by atoms with Crippen LogP contribution in [0.4, 0.5) is 0 Å². The topological polar surface area (TPSA) is 84.1 Å². The standard InChI is InChI=1S/C18H23N3O3/c1-12(2)8-9-19-18(23)15-11-17(22)21-16(20-15)10-13-4-6-14(24-3)7-5-13/h4-7,11-12H,8-10H2,1-3H3,(H,19,23)(H,20,21,22). The molecule has 0 aliphatic heterocycles. The van der Waals surface area contributed by atoms with Crippen LogP contribution in [-0.4, -0.2) is 29.5 Å². The second kappa shape index (κ2) is 8.29. The third kappa shape index (κ3) is 5.22. The lowest BCUT2D eigenvalue weighted by Gasteiger charge is -2.08. The van der Waals surface area contributed by atoms with Gasteiger partial charge in [-0.2, -0.15) is 0 Å². The third-order valence-corrected chi connectivity index (χ3v) is 3.56. The number of amides is 1. The lowest BCUT2D eigenvalue weighted by atomic mass is 10.1. The van der Waals surface area contributed by atoms with Gasteiger partial charge in [0.05, 0.1) is 7.11 Å². The Morgan fingerprint density at radius 3 is 2.62 bits per heavy atom. The van der Waals surface area contributed by atoms with Crippen molar-refractivity contribution in [3.63, 3.8) is 0 Å². The molecule has 0 unspecified atom stereocenters. The van der Waals surface area contributed by atoms with E-state index >= 15 is 0 Å². The molecule has 6 heteroatoms. The fourth-order valence-electron chi connectivity index (χ4n) is 2.21. The van der Waals surface area contributed by atoms with E-state index < -0.39 is 0 Å². The van der Waals surface area contributed by atoms with Crippen LogP contribution < -0.4 is 15.6 Å². The first kappa shape index (κ1) is 17.7. The smallest absolute Gasteiger partial charge is 0.270 e. The Labute approximate surface area is 141 Å². The number of nitrogens with one attached hydrogen (secondary N) is 2. The summed E-state index contributed by atoms with van der Waals surface area (Å²) in [7, 11) is 1.61. The average molecular weight is 329 g/mol. The number of aromatic amines is 1. The first-order chi connectivity index (χ1) is 11.5. The monoisotopic (exact) mass is 329 g/mol. The van der Waals surface area contributed by atoms with Gasteiger partial charge in [0.15, 0.2) is 0 Å². The molecule has 0 fully saturated rings. The van der Waals surface area contributed by atoms with Crippen LogP contribution in [0.3, 0.4) is 0 Å². The highest BCUT2D eigenvalue weighted by Gasteiger charge is 2.10. The molecule has 0 saturated carbocycles. The van der Waals surface area contributed by atoms with Crippen LogP contribution in [0.1, 0.15) is 42.1 Å². The molecule has 1 aromatic carbocycles. The molecule has 0 radical (unpaired) electrons. The summed E-state index contributed by atoms with van der Waals surface area (Å²) in [4.78, 5) is 30.9. The number of nitrogens with zero attached hydrogens (tertiary/aromatic N) is 1. The quantitative estimate of drug-likeness (QED) is 0.815. The normalized spacial score (nSPS) is 10.7. The zero-order valence-corrected chi connectivity index (χ0v) is 14.3. The Morgan fingerprint density at radius 2 is 2.00 bits per heavy atom. The van der Waals surface area contributed by atoms with E-state index in [-0.39, 0.29) is 17.2 Å². The highest BCUT2D eigenvalue weighted by atomic mass is 16.5. The Bertz CT molecular complexity index is 736. The molecule has 24 heavy (non-hydrogen) atoms. The number of H-pyrrole nitrogens is 1. The van der Waals surface area contributed by atoms with Gasteiger partial charge in [0.2, 0.25) is 0 Å². The molecule has 1 aromatic heterocycles. The lowest BCUT2D eigenvalue weighted by Crippen LogP contribution is -2.28. The van der Waals surface area contributed by atoms with Gasteiger partial charge in [-0.25, -0.2) is 4.98 Å². The average Bonchev–Trinajstić information content (AvgIpc) is 2.54. The van der Waals surface area contributed by atoms with Crippen LogP contribution in [0.25, 0.3) is 0 Å². The zero-order valence-electron chi connectivity index (χ0n) is 14.3. The summed E-state index contributed by atoms with van der Waals surface area (Å²) in [5.41, 5.74) is 0.782. The van der Waals surface area contributed by atoms with Crippen LogP contribution in [0.2, 0.25) is 0 Å². The molecular weight excluding hydrogens is 306 g/mol. The number of rotatable bonds is 7. The van der Waals surface area contributed by atoms with Crippen molar-refractivity contribution in [3.05, 3.63) is 57.8 Å². The van der Waals surface area contributed by atoms with Gasteiger partial charge in [-0.05, 0) is 30.0 Å². The minimum absolute atomic E-state index is 0.144. The van der Waals surface area contributed by atoms with E-state index in [0.29, 0.717) is 24.7 Å². The van der Waals surface area contributed by atoms with Gasteiger partial charge in [-0.3, -0.25) is 9.59 Å². The van der Waals surface area contributed by atoms with E-state index in [9.17, 15) is 9.59 Å². The van der Waals surface area contributed by atoms with Crippen molar-refractivity contribution in [2.24, 2.45) is 5.92 Å². The summed E-state index contributed by atoms with van der Waals surface area (Å²) in [6, 6.07) is 8.70. The van der Waals surface area contributed by atoms with Gasteiger partial charge in [0, 0.05) is 19.0 Å². The maximum atomic E-state index is 12.1. The van der Waals surface area contributed by atoms with Crippen LogP contribution >= 0.6 is 0 Å². The molecule has 128 valence electrons. The van der Waals surface area contributed by atoms with Gasteiger partial charge in [0.1, 0.15) is 17.3 Å². The van der Waals surface area contributed by atoms with E-state index in [2.05, 4.69) is 29.1 Å². The first-order valence-electron chi connectivity index (χ1n) is 7.99. The van der Waals surface area contributed by atoms with Crippen LogP contribution in [-0.2, 0) is 6.42 Å². The van der Waals surface area contributed by atoms with E-state index in [1.165, 1.54) is 6.07 Å². The highest BCUT2D eigenvalue weighted by Crippen LogP contribution is 2.13. The predicted octanol–water partition coefficient (Wildman–Crippen LogP) is 2.15. The second-order valence-corrected chi connectivity index (χ2v) is 6.04. The minimum atomic E-state index is -0.331. The molecule has 6 nitrogen and oxygen atoms in total. The van der Waals surface area contributed by atoms with Crippen molar-refractivity contribution in [2.45, 2.75) is 26.7 Å². The Balaban J connectivity index is 2.09. The van der Waals surface area contributed by atoms with Crippen molar-refractivity contribution in [3.8, 4) is 5.75 Å². The molecule has 2 rings (SSSR count). The SMILES string of the molecule is COc1ccc(Cc2nc(C(=O)NCCC(C)C)cc(=O)[nH]2)cc1. The van der Waals surface area contributed by atoms with Gasteiger partial charge in [0.25, 0.3) is 11.5 Å². The molecule has 2 N–H and O–H groups in total. The van der Waals surface area contributed by atoms with Crippen molar-refractivity contribution >= 4 is 5.91 Å². The summed E-state index contributed by atoms with van der Waals surface area (Å²) in [6.45, 7) is 4.74. The predicted molar refractivity (Wildman–Crippen MR) is 92.4 cm³/mol. The van der Waals surface area contributed by atoms with E-state index in [4.69, 9.17) is 4.74 Å². The van der Waals surface area contributed by atoms with Crippen molar-refractivity contribution < 1.29 is 9.53 Å². The number of ether oxygens (including phenoxy) is 1. The maximum absolute atomic E-state index is 12.1. The number of hydrogen-bond donors (Lipinski definition) is 2. The molecule has 1 amide bonds. The van der Waals surface area contributed by atoms with Gasteiger partial charge in [-0.15, -0.1) is 0 Å². The van der Waals surface area contributed by atoms with E-state index in [1.807, 2.05) is 24.3 Å². The Kier molecular flexibility index (Phi) is 6.12. The van der Waals surface area contributed by atoms with Crippen LogP contribution in [0.5, 0.6) is 5.75 Å². The number of hydrogen-bond acceptors (Lipinski definition) is 4. The Morgan fingerprint density at radius 1 is 1.29 bits per heavy atom. The molecule has 0 spiro atoms. The lowest BCUT2D eigenvalue weighted by molar-refractivity contribution is 0.0946. The largest absolute Gasteiger partial charge is 0.497 e. The summed E-state index contributed by atoms with van der Waals surface area (Å²) in [5, 5.41) is 2.79. The fourth-order valence-corrected chi connectivity index (χ4v) is 2.21. The van der Waals surface area contributed by atoms with Crippen molar-refractivity contribution in [1.29, 1.82) is 0 Å². The summed E-state index contributed by atoms with van der Waals surface area (Å²) in [5.74, 6) is 1.40. The molecular formula is C18H23N3O3. The molecule has 1 heterocycles. The van der Waals surface area contributed by atoms with E-state index in [0.717, 1.165) is 17.7 Å². The molecule has 0 bridgehead atoms. The molecule has 2 aromatic rings. The fraction of sp³-hybridized carbons (Fsp3) is 0.389. The maximum Gasteiger partial charge on any atom is 0.270 e. The van der Waals surface area contributed by atoms with Crippen molar-refractivity contribution in [1.82, 2.24) is 15.3 Å². The number of aromatic nitrogens is 2. The molecule has 0 aliphatic carbocycles. The first-order valence-corrected chi connectivity index (χ1v) is 7.99. The van der Waals surface area contributed by atoms with Gasteiger partial charge < -0.3 is 15.0 Å². The number of carbonyl (C=O) groups is 1. The van der Waals surface area contributed by atoms with E-state index in [1.54, 1.807) is 7.11 Å². The minimum Gasteiger partial charge on any atom is -0.497 e. The Hall–Kier alpha value is -2.63. The zero-order chi connectivity index (χ0) is 17.5. The molecule has 0 aliphatic rings. The number of benzene rings is 1. The van der Waals surface area contributed by atoms with Crippen molar-refractivity contribution in [2.75, 3.05) is 13.7 Å².